The van der Waals surface area contributed by atoms with E-state index in [0.29, 0.717) is 5.84 Å². The van der Waals surface area contributed by atoms with Gasteiger partial charge in [0.2, 0.25) is 0 Å². The van der Waals surface area contributed by atoms with E-state index in [2.05, 4.69) is 108 Å². The van der Waals surface area contributed by atoms with Gasteiger partial charge in [-0.2, -0.15) is 0 Å². The number of hydrogen-bond acceptors (Lipinski definition) is 6. The second-order valence-corrected chi connectivity index (χ2v) is 14.0. The fourth-order valence-electron chi connectivity index (χ4n) is 7.55. The molecule has 0 radical (unpaired) electrons. The van der Waals surface area contributed by atoms with Crippen molar-refractivity contribution in [3.63, 3.8) is 0 Å². The summed E-state index contributed by atoms with van der Waals surface area (Å²) in [5.41, 5.74) is 8.59. The Morgan fingerprint density at radius 1 is 0.510 bits per heavy atom. The van der Waals surface area contributed by atoms with Crippen LogP contribution in [0.2, 0.25) is 0 Å². The van der Waals surface area contributed by atoms with Crippen molar-refractivity contribution in [2.24, 2.45) is 9.98 Å². The average Bonchev–Trinajstić information content (AvgIpc) is 3.88. The topological polar surface area (TPSA) is 63.0 Å². The van der Waals surface area contributed by atoms with Crippen LogP contribution in [0.25, 0.3) is 75.2 Å². The number of furan rings is 2. The lowest BCUT2D eigenvalue weighted by atomic mass is 9.99. The number of amidine groups is 2. The predicted octanol–water partition coefficient (Wildman–Crippen LogP) is 12.0. The quantitative estimate of drug-likeness (QED) is 0.202. The number of rotatable bonds is 4. The normalized spacial score (nSPS) is 14.9. The molecule has 51 heavy (non-hydrogen) atoms. The van der Waals surface area contributed by atoms with Gasteiger partial charge in [0.15, 0.2) is 5.84 Å². The van der Waals surface area contributed by atoms with Crippen molar-refractivity contribution in [3.05, 3.63) is 168 Å². The van der Waals surface area contributed by atoms with Gasteiger partial charge in [0.1, 0.15) is 34.3 Å². The van der Waals surface area contributed by atoms with Gasteiger partial charge in [-0.3, -0.25) is 0 Å². The molecule has 11 rings (SSSR count). The molecular formula is C45H27N3O2S. The van der Waals surface area contributed by atoms with E-state index in [0.717, 1.165) is 72.0 Å². The van der Waals surface area contributed by atoms with Crippen LogP contribution < -0.4 is 5.32 Å². The maximum atomic E-state index is 6.59. The molecule has 0 saturated carbocycles. The summed E-state index contributed by atoms with van der Waals surface area (Å²) in [5.74, 6) is 1.41. The molecule has 240 valence electrons. The van der Waals surface area contributed by atoms with Crippen LogP contribution in [0.5, 0.6) is 0 Å². The van der Waals surface area contributed by atoms with Gasteiger partial charge in [-0.1, -0.05) is 115 Å². The van der Waals surface area contributed by atoms with Crippen molar-refractivity contribution in [2.45, 2.75) is 6.17 Å². The molecule has 7 aromatic carbocycles. The number of benzene rings is 7. The zero-order chi connectivity index (χ0) is 33.5. The van der Waals surface area contributed by atoms with Gasteiger partial charge in [-0.25, -0.2) is 9.98 Å². The standard InChI is InChI=1S/C45H27N3O2S/c1-2-10-26(11-3-1)43-46-44(28-21-22-31-30-12-4-6-17-36(30)49-38(31)25-28)48-45(47-43)35-16-9-18-37-41(35)34-23-20-27(24-39(34)50-37)29-14-8-15-33-32-13-5-7-19-40(32)51-42(29)33/h1-25,44H,(H,46,47,48). The Kier molecular flexibility index (Phi) is 6.12. The minimum absolute atomic E-state index is 0.382. The van der Waals surface area contributed by atoms with E-state index in [1.54, 1.807) is 0 Å². The summed E-state index contributed by atoms with van der Waals surface area (Å²) in [6.45, 7) is 0. The smallest absolute Gasteiger partial charge is 0.160 e. The molecule has 0 amide bonds. The second-order valence-electron chi connectivity index (χ2n) is 13.0. The molecule has 6 heteroatoms. The van der Waals surface area contributed by atoms with Crippen LogP contribution in [-0.4, -0.2) is 11.7 Å². The summed E-state index contributed by atoms with van der Waals surface area (Å²) in [6, 6.07) is 52.6. The molecule has 0 saturated heterocycles. The maximum Gasteiger partial charge on any atom is 0.160 e. The molecule has 1 aliphatic rings. The average molecular weight is 674 g/mol. The van der Waals surface area contributed by atoms with Crippen molar-refractivity contribution < 1.29 is 8.83 Å². The van der Waals surface area contributed by atoms with Gasteiger partial charge in [0, 0.05) is 58.4 Å². The van der Waals surface area contributed by atoms with Crippen LogP contribution in [0.1, 0.15) is 22.9 Å². The van der Waals surface area contributed by atoms with E-state index in [1.807, 2.05) is 59.9 Å². The summed E-state index contributed by atoms with van der Waals surface area (Å²) in [5, 5.41) is 10.4. The van der Waals surface area contributed by atoms with Crippen LogP contribution in [-0.2, 0) is 0 Å². The number of nitrogens with one attached hydrogen (secondary N) is 1. The number of fused-ring (bicyclic) bond motifs is 9. The molecule has 1 aliphatic heterocycles. The molecule has 10 aromatic rings. The number of aliphatic imine (C=N–C) groups is 2. The van der Waals surface area contributed by atoms with Gasteiger partial charge >= 0.3 is 0 Å². The first-order valence-corrected chi connectivity index (χ1v) is 17.8. The van der Waals surface area contributed by atoms with Gasteiger partial charge in [0.25, 0.3) is 0 Å². The van der Waals surface area contributed by atoms with Crippen molar-refractivity contribution in [3.8, 4) is 11.1 Å². The molecule has 5 nitrogen and oxygen atoms in total. The van der Waals surface area contributed by atoms with Crippen LogP contribution in [0.4, 0.5) is 0 Å². The lowest BCUT2D eigenvalue weighted by molar-refractivity contribution is 0.655. The Morgan fingerprint density at radius 2 is 1.22 bits per heavy atom. The Balaban J connectivity index is 1.06. The summed E-state index contributed by atoms with van der Waals surface area (Å²) in [4.78, 5) is 10.4. The molecular weight excluding hydrogens is 647 g/mol. The van der Waals surface area contributed by atoms with Crippen molar-refractivity contribution >= 4 is 87.1 Å². The molecule has 3 aromatic heterocycles. The molecule has 0 spiro atoms. The Hall–Kier alpha value is -6.50. The first kappa shape index (κ1) is 28.3. The molecule has 1 N–H and O–H groups in total. The minimum atomic E-state index is -0.382. The Bertz CT molecular complexity index is 3070. The van der Waals surface area contributed by atoms with E-state index in [1.165, 1.54) is 25.7 Å². The minimum Gasteiger partial charge on any atom is -0.456 e. The van der Waals surface area contributed by atoms with Gasteiger partial charge in [0.05, 0.1) is 0 Å². The largest absolute Gasteiger partial charge is 0.456 e. The summed E-state index contributed by atoms with van der Waals surface area (Å²) in [7, 11) is 0. The highest BCUT2D eigenvalue weighted by Gasteiger charge is 2.24. The van der Waals surface area contributed by atoms with Gasteiger partial charge in [-0.15, -0.1) is 11.3 Å². The highest BCUT2D eigenvalue weighted by atomic mass is 32.1. The number of nitrogens with zero attached hydrogens (tertiary/aromatic N) is 2. The first-order valence-electron chi connectivity index (χ1n) is 17.0. The van der Waals surface area contributed by atoms with Gasteiger partial charge in [-0.05, 0) is 47.5 Å². The highest BCUT2D eigenvalue weighted by molar-refractivity contribution is 7.26. The summed E-state index contributed by atoms with van der Waals surface area (Å²) >= 11 is 1.84. The Labute approximate surface area is 295 Å². The lowest BCUT2D eigenvalue weighted by Gasteiger charge is -2.24. The zero-order valence-electron chi connectivity index (χ0n) is 27.1. The molecule has 0 aliphatic carbocycles. The zero-order valence-corrected chi connectivity index (χ0v) is 27.9. The molecule has 1 atom stereocenters. The van der Waals surface area contributed by atoms with Crippen LogP contribution in [0.15, 0.2) is 170 Å². The van der Waals surface area contributed by atoms with E-state index < -0.39 is 0 Å². The van der Waals surface area contributed by atoms with Gasteiger partial charge < -0.3 is 14.2 Å². The Morgan fingerprint density at radius 3 is 2.16 bits per heavy atom. The lowest BCUT2D eigenvalue weighted by Crippen LogP contribution is -2.33. The van der Waals surface area contributed by atoms with Crippen molar-refractivity contribution in [1.29, 1.82) is 0 Å². The van der Waals surface area contributed by atoms with E-state index in [4.69, 9.17) is 18.8 Å². The predicted molar refractivity (Wildman–Crippen MR) is 211 cm³/mol. The van der Waals surface area contributed by atoms with Crippen LogP contribution >= 0.6 is 11.3 Å². The first-order chi connectivity index (χ1) is 25.2. The molecule has 0 fully saturated rings. The monoisotopic (exact) mass is 673 g/mol. The second kappa shape index (κ2) is 11.0. The molecule has 1 unspecified atom stereocenters. The van der Waals surface area contributed by atoms with E-state index in [9.17, 15) is 0 Å². The third kappa shape index (κ3) is 4.47. The maximum absolute atomic E-state index is 6.59. The summed E-state index contributed by atoms with van der Waals surface area (Å²) in [6.07, 6.45) is -0.382. The fraction of sp³-hybridized carbons (Fsp3) is 0.0222. The summed E-state index contributed by atoms with van der Waals surface area (Å²) < 4.78 is 15.4. The van der Waals surface area contributed by atoms with E-state index in [-0.39, 0.29) is 6.17 Å². The number of thiophene rings is 1. The van der Waals surface area contributed by atoms with Crippen LogP contribution in [0.3, 0.4) is 0 Å². The third-order valence-electron chi connectivity index (χ3n) is 9.96. The molecule has 0 bridgehead atoms. The van der Waals surface area contributed by atoms with Crippen molar-refractivity contribution in [1.82, 2.24) is 5.32 Å². The third-order valence-corrected chi connectivity index (χ3v) is 11.2. The highest BCUT2D eigenvalue weighted by Crippen LogP contribution is 2.42. The van der Waals surface area contributed by atoms with E-state index >= 15 is 0 Å². The number of hydrogen-bond donors (Lipinski definition) is 1. The van der Waals surface area contributed by atoms with Crippen molar-refractivity contribution in [2.75, 3.05) is 0 Å². The molecule has 4 heterocycles. The SMILES string of the molecule is c1ccc(C2=NC(c3cccc4oc5cc(-c6cccc7c6sc6ccccc67)ccc5c34)=NC(c3ccc4c(c3)oc3ccccc34)N2)cc1. The fourth-order valence-corrected chi connectivity index (χ4v) is 8.79. The number of para-hydroxylation sites is 1. The van der Waals surface area contributed by atoms with Crippen LogP contribution in [0, 0.1) is 0 Å².